The number of rotatable bonds is 7. The average Bonchev–Trinajstić information content (AvgIpc) is 3.31. The molecule has 0 N–H and O–H groups in total. The van der Waals surface area contributed by atoms with Gasteiger partial charge in [0.2, 0.25) is 0 Å². The molecule has 2 heterocycles. The van der Waals surface area contributed by atoms with E-state index in [1.807, 2.05) is 91.0 Å². The molecule has 0 aliphatic carbocycles. The predicted molar refractivity (Wildman–Crippen MR) is 235 cm³/mol. The van der Waals surface area contributed by atoms with Crippen LogP contribution in [0, 0.1) is 11.3 Å². The standard InChI is InChI=1S/C53H33N5/c54-34-35-12-7-17-38(32-35)39-26-27-46(41-18-8-21-43-40(41)19-10-24-47(43)52-30-28-50(55-57-52)36-13-3-1-4-14-36)49(33-39)45-23-9-22-44-42(45)20-11-25-48(44)53-31-29-51(56-58-53)37-15-5-2-6-16-37/h1-33H. The zero-order valence-electron chi connectivity index (χ0n) is 31.3. The van der Waals surface area contributed by atoms with Crippen LogP contribution in [0.4, 0.5) is 0 Å². The van der Waals surface area contributed by atoms with E-state index in [0.717, 1.165) is 100.0 Å². The van der Waals surface area contributed by atoms with Gasteiger partial charge >= 0.3 is 0 Å². The van der Waals surface area contributed by atoms with Crippen molar-refractivity contribution in [1.29, 1.82) is 5.26 Å². The Hall–Kier alpha value is -8.07. The predicted octanol–water partition coefficient (Wildman–Crippen LogP) is 13.1. The highest BCUT2D eigenvalue weighted by Gasteiger charge is 2.18. The number of benzene rings is 8. The van der Waals surface area contributed by atoms with Crippen molar-refractivity contribution in [3.8, 4) is 84.5 Å². The first-order valence-electron chi connectivity index (χ1n) is 19.2. The van der Waals surface area contributed by atoms with E-state index in [4.69, 9.17) is 10.2 Å². The first kappa shape index (κ1) is 34.4. The second kappa shape index (κ2) is 14.9. The van der Waals surface area contributed by atoms with E-state index in [9.17, 15) is 5.26 Å². The van der Waals surface area contributed by atoms with Crippen LogP contribution in [-0.4, -0.2) is 20.4 Å². The van der Waals surface area contributed by atoms with Crippen molar-refractivity contribution in [3.63, 3.8) is 0 Å². The molecular weight excluding hydrogens is 707 g/mol. The molecule has 5 nitrogen and oxygen atoms in total. The molecule has 8 aromatic carbocycles. The molecular formula is C53H33N5. The van der Waals surface area contributed by atoms with Crippen molar-refractivity contribution in [2.45, 2.75) is 0 Å². The molecule has 0 bridgehead atoms. The molecule has 5 heteroatoms. The number of hydrogen-bond donors (Lipinski definition) is 0. The lowest BCUT2D eigenvalue weighted by atomic mass is 9.86. The molecule has 0 radical (unpaired) electrons. The van der Waals surface area contributed by atoms with Gasteiger partial charge in [-0.15, -0.1) is 20.4 Å². The molecule has 270 valence electrons. The third-order valence-corrected chi connectivity index (χ3v) is 10.8. The van der Waals surface area contributed by atoms with Gasteiger partial charge in [0.25, 0.3) is 0 Å². The van der Waals surface area contributed by atoms with Gasteiger partial charge in [0.1, 0.15) is 0 Å². The van der Waals surface area contributed by atoms with Crippen LogP contribution in [0.25, 0.3) is 100.0 Å². The molecule has 0 atom stereocenters. The van der Waals surface area contributed by atoms with Gasteiger partial charge in [-0.1, -0.05) is 158 Å². The molecule has 0 saturated heterocycles. The highest BCUT2D eigenvalue weighted by molar-refractivity contribution is 6.10. The minimum Gasteiger partial charge on any atom is -0.192 e. The second-order valence-electron chi connectivity index (χ2n) is 14.2. The molecule has 0 unspecified atom stereocenters. The van der Waals surface area contributed by atoms with E-state index in [1.54, 1.807) is 0 Å². The van der Waals surface area contributed by atoms with Gasteiger partial charge in [0.15, 0.2) is 0 Å². The Balaban J connectivity index is 1.13. The zero-order valence-corrected chi connectivity index (χ0v) is 31.3. The van der Waals surface area contributed by atoms with Crippen LogP contribution in [-0.2, 0) is 0 Å². The molecule has 10 rings (SSSR count). The number of nitrogens with zero attached hydrogens (tertiary/aromatic N) is 5. The average molecular weight is 740 g/mol. The summed E-state index contributed by atoms with van der Waals surface area (Å²) in [6.07, 6.45) is 0. The Morgan fingerprint density at radius 1 is 0.276 bits per heavy atom. The van der Waals surface area contributed by atoms with Gasteiger partial charge < -0.3 is 0 Å². The SMILES string of the molecule is N#Cc1cccc(-c2ccc(-c3cccc4c(-c5ccc(-c6ccccc6)nn5)cccc34)c(-c3cccc4c(-c5ccc(-c6ccccc6)nn5)cccc34)c2)c1. The minimum absolute atomic E-state index is 0.624. The lowest BCUT2D eigenvalue weighted by Gasteiger charge is -2.18. The lowest BCUT2D eigenvalue weighted by Crippen LogP contribution is -1.94. The molecule has 10 aromatic rings. The summed E-state index contributed by atoms with van der Waals surface area (Å²) < 4.78 is 0. The summed E-state index contributed by atoms with van der Waals surface area (Å²) in [5.74, 6) is 0. The molecule has 0 saturated carbocycles. The quantitative estimate of drug-likeness (QED) is 0.163. The summed E-state index contributed by atoms with van der Waals surface area (Å²) >= 11 is 0. The van der Waals surface area contributed by atoms with Gasteiger partial charge in [0.05, 0.1) is 34.4 Å². The van der Waals surface area contributed by atoms with Crippen molar-refractivity contribution < 1.29 is 0 Å². The van der Waals surface area contributed by atoms with E-state index < -0.39 is 0 Å². The maximum absolute atomic E-state index is 9.75. The van der Waals surface area contributed by atoms with Crippen molar-refractivity contribution in [3.05, 3.63) is 206 Å². The smallest absolute Gasteiger partial charge is 0.0991 e. The summed E-state index contributed by atoms with van der Waals surface area (Å²) in [7, 11) is 0. The number of nitriles is 1. The molecule has 2 aromatic heterocycles. The van der Waals surface area contributed by atoms with Crippen molar-refractivity contribution in [1.82, 2.24) is 20.4 Å². The van der Waals surface area contributed by atoms with E-state index in [1.165, 1.54) is 0 Å². The van der Waals surface area contributed by atoms with Gasteiger partial charge in [-0.2, -0.15) is 5.26 Å². The molecule has 0 amide bonds. The number of aromatic nitrogens is 4. The Morgan fingerprint density at radius 3 is 1.19 bits per heavy atom. The van der Waals surface area contributed by atoms with E-state index >= 15 is 0 Å². The van der Waals surface area contributed by atoms with Crippen LogP contribution >= 0.6 is 0 Å². The monoisotopic (exact) mass is 739 g/mol. The molecule has 58 heavy (non-hydrogen) atoms. The van der Waals surface area contributed by atoms with Gasteiger partial charge in [-0.25, -0.2) is 0 Å². The van der Waals surface area contributed by atoms with Gasteiger partial charge in [-0.3, -0.25) is 0 Å². The van der Waals surface area contributed by atoms with Crippen LogP contribution < -0.4 is 0 Å². The highest BCUT2D eigenvalue weighted by Crippen LogP contribution is 2.43. The lowest BCUT2D eigenvalue weighted by molar-refractivity contribution is 1.05. The summed E-state index contributed by atoms with van der Waals surface area (Å²) in [5.41, 5.74) is 14.4. The van der Waals surface area contributed by atoms with Crippen LogP contribution in [0.1, 0.15) is 5.56 Å². The van der Waals surface area contributed by atoms with Crippen LogP contribution in [0.3, 0.4) is 0 Å². The molecule has 0 aliphatic heterocycles. The van der Waals surface area contributed by atoms with Crippen molar-refractivity contribution >= 4 is 21.5 Å². The topological polar surface area (TPSA) is 75.3 Å². The first-order chi connectivity index (χ1) is 28.7. The number of hydrogen-bond acceptors (Lipinski definition) is 5. The second-order valence-corrected chi connectivity index (χ2v) is 14.2. The Bertz CT molecular complexity index is 3150. The fourth-order valence-corrected chi connectivity index (χ4v) is 7.96. The summed E-state index contributed by atoms with van der Waals surface area (Å²) in [6.45, 7) is 0. The van der Waals surface area contributed by atoms with Crippen LogP contribution in [0.15, 0.2) is 200 Å². The number of fused-ring (bicyclic) bond motifs is 2. The van der Waals surface area contributed by atoms with E-state index in [2.05, 4.69) is 125 Å². The third-order valence-electron chi connectivity index (χ3n) is 10.8. The maximum atomic E-state index is 9.75. The minimum atomic E-state index is 0.624. The van der Waals surface area contributed by atoms with E-state index in [-0.39, 0.29) is 0 Å². The highest BCUT2D eigenvalue weighted by atomic mass is 15.1. The molecule has 0 aliphatic rings. The Kier molecular flexibility index (Phi) is 8.83. The van der Waals surface area contributed by atoms with E-state index in [0.29, 0.717) is 5.56 Å². The van der Waals surface area contributed by atoms with Gasteiger partial charge in [0, 0.05) is 22.3 Å². The first-order valence-corrected chi connectivity index (χ1v) is 19.2. The van der Waals surface area contributed by atoms with Crippen LogP contribution in [0.2, 0.25) is 0 Å². The van der Waals surface area contributed by atoms with Gasteiger partial charge in [-0.05, 0) is 97.4 Å². The summed E-state index contributed by atoms with van der Waals surface area (Å²) in [4.78, 5) is 0. The summed E-state index contributed by atoms with van der Waals surface area (Å²) in [5, 5.41) is 32.8. The summed E-state index contributed by atoms with van der Waals surface area (Å²) in [6, 6.07) is 70.9. The maximum Gasteiger partial charge on any atom is 0.0991 e. The van der Waals surface area contributed by atoms with Crippen molar-refractivity contribution in [2.24, 2.45) is 0 Å². The zero-order chi connectivity index (χ0) is 38.8. The Labute approximate surface area is 336 Å². The Morgan fingerprint density at radius 2 is 0.690 bits per heavy atom. The van der Waals surface area contributed by atoms with Crippen molar-refractivity contribution in [2.75, 3.05) is 0 Å². The third kappa shape index (κ3) is 6.35. The normalized spacial score (nSPS) is 11.1. The molecule has 0 fully saturated rings. The largest absolute Gasteiger partial charge is 0.192 e. The molecule has 0 spiro atoms. The fourth-order valence-electron chi connectivity index (χ4n) is 7.96. The fraction of sp³-hybridized carbons (Fsp3) is 0. The van der Waals surface area contributed by atoms with Crippen LogP contribution in [0.5, 0.6) is 0 Å².